The minimum Gasteiger partial charge on any atom is -0.495 e. The maximum absolute atomic E-state index is 5.85. The molecule has 2 heterocycles. The van der Waals surface area contributed by atoms with E-state index in [2.05, 4.69) is 9.97 Å². The third-order valence-electron chi connectivity index (χ3n) is 3.14. The summed E-state index contributed by atoms with van der Waals surface area (Å²) >= 11 is 0. The first-order valence-corrected chi connectivity index (χ1v) is 6.16. The molecule has 0 fully saturated rings. The van der Waals surface area contributed by atoms with Gasteiger partial charge in [-0.1, -0.05) is 12.1 Å². The molecule has 0 aliphatic heterocycles. The van der Waals surface area contributed by atoms with E-state index >= 15 is 0 Å². The number of rotatable bonds is 3. The Morgan fingerprint density at radius 3 is 2.90 bits per heavy atom. The van der Waals surface area contributed by atoms with Crippen molar-refractivity contribution >= 4 is 23.0 Å². The third kappa shape index (κ3) is 1.91. The van der Waals surface area contributed by atoms with Gasteiger partial charge in [-0.3, -0.25) is 0 Å². The highest BCUT2D eigenvalue weighted by molar-refractivity contribution is 5.76. The normalized spacial score (nSPS) is 10.7. The zero-order chi connectivity index (χ0) is 14.1. The van der Waals surface area contributed by atoms with Gasteiger partial charge >= 0.3 is 0 Å². The molecule has 2 N–H and O–H groups in total. The molecule has 0 spiro atoms. The number of aromatic nitrogens is 3. The molecule has 6 heteroatoms. The minimum absolute atomic E-state index is 0.437. The summed E-state index contributed by atoms with van der Waals surface area (Å²) in [5.41, 5.74) is 7.50. The van der Waals surface area contributed by atoms with Gasteiger partial charge in [0.2, 0.25) is 0 Å². The molecule has 0 aliphatic rings. The number of methoxy groups -OCH3 is 1. The Hall–Kier alpha value is -2.76. The number of nitrogens with zero attached hydrogens (tertiary/aromatic N) is 4. The van der Waals surface area contributed by atoms with Crippen LogP contribution in [-0.2, 0) is 0 Å². The highest BCUT2D eigenvalue weighted by atomic mass is 16.5. The Bertz CT molecular complexity index is 752. The monoisotopic (exact) mass is 269 g/mol. The van der Waals surface area contributed by atoms with Gasteiger partial charge in [0.25, 0.3) is 0 Å². The lowest BCUT2D eigenvalue weighted by atomic mass is 10.2. The van der Waals surface area contributed by atoms with Crippen LogP contribution in [0.25, 0.3) is 5.65 Å². The van der Waals surface area contributed by atoms with Crippen LogP contribution in [0, 0.1) is 0 Å². The lowest BCUT2D eigenvalue weighted by molar-refractivity contribution is 0.415. The van der Waals surface area contributed by atoms with Crippen molar-refractivity contribution in [1.29, 1.82) is 0 Å². The van der Waals surface area contributed by atoms with Crippen molar-refractivity contribution in [1.82, 2.24) is 14.4 Å². The van der Waals surface area contributed by atoms with Crippen LogP contribution >= 0.6 is 0 Å². The van der Waals surface area contributed by atoms with Gasteiger partial charge in [-0.25, -0.2) is 9.97 Å². The Morgan fingerprint density at radius 2 is 2.10 bits per heavy atom. The van der Waals surface area contributed by atoms with Gasteiger partial charge in [-0.2, -0.15) is 0 Å². The van der Waals surface area contributed by atoms with Crippen molar-refractivity contribution in [3.05, 3.63) is 42.9 Å². The summed E-state index contributed by atoms with van der Waals surface area (Å²) in [5.74, 6) is 1.88. The van der Waals surface area contributed by atoms with Crippen molar-refractivity contribution in [2.24, 2.45) is 0 Å². The van der Waals surface area contributed by atoms with Crippen LogP contribution < -0.4 is 15.4 Å². The lowest BCUT2D eigenvalue weighted by Gasteiger charge is -2.21. The molecule has 20 heavy (non-hydrogen) atoms. The molecule has 0 bridgehead atoms. The molecule has 2 aromatic heterocycles. The third-order valence-corrected chi connectivity index (χ3v) is 3.14. The number of hydrogen-bond donors (Lipinski definition) is 1. The quantitative estimate of drug-likeness (QED) is 0.788. The van der Waals surface area contributed by atoms with Crippen LogP contribution in [-0.4, -0.2) is 28.5 Å². The molecular weight excluding hydrogens is 254 g/mol. The summed E-state index contributed by atoms with van der Waals surface area (Å²) in [6.07, 6.45) is 5.30. The summed E-state index contributed by atoms with van der Waals surface area (Å²) in [4.78, 5) is 10.6. The van der Waals surface area contributed by atoms with E-state index in [9.17, 15) is 0 Å². The van der Waals surface area contributed by atoms with Crippen molar-refractivity contribution in [2.45, 2.75) is 0 Å². The standard InChI is InChI=1S/C14H15N5O/c1-18(10-5-3-4-6-11(10)20-2)14-13-16-7-8-19(13)9-12(15)17-14/h3-9H,15H2,1-2H3. The van der Waals surface area contributed by atoms with Gasteiger partial charge in [0.1, 0.15) is 11.6 Å². The largest absolute Gasteiger partial charge is 0.495 e. The lowest BCUT2D eigenvalue weighted by Crippen LogP contribution is -2.14. The number of nitrogen functional groups attached to an aromatic ring is 1. The average Bonchev–Trinajstić information content (AvgIpc) is 2.93. The molecule has 3 aromatic rings. The first-order chi connectivity index (χ1) is 9.70. The fourth-order valence-corrected chi connectivity index (χ4v) is 2.18. The van der Waals surface area contributed by atoms with Crippen molar-refractivity contribution < 1.29 is 4.74 Å². The molecule has 0 saturated carbocycles. The molecule has 0 amide bonds. The van der Waals surface area contributed by atoms with E-state index < -0.39 is 0 Å². The van der Waals surface area contributed by atoms with Crippen LogP contribution in [0.5, 0.6) is 5.75 Å². The second-order valence-corrected chi connectivity index (χ2v) is 4.38. The zero-order valence-corrected chi connectivity index (χ0v) is 11.3. The first-order valence-electron chi connectivity index (χ1n) is 6.16. The number of benzene rings is 1. The fourth-order valence-electron chi connectivity index (χ4n) is 2.18. The van der Waals surface area contributed by atoms with Crippen molar-refractivity contribution in [3.63, 3.8) is 0 Å². The molecule has 0 radical (unpaired) electrons. The molecule has 0 atom stereocenters. The van der Waals surface area contributed by atoms with Crippen molar-refractivity contribution in [3.8, 4) is 5.75 Å². The topological polar surface area (TPSA) is 68.7 Å². The number of hydrogen-bond acceptors (Lipinski definition) is 5. The van der Waals surface area contributed by atoms with Gasteiger partial charge in [-0.15, -0.1) is 0 Å². The van der Waals surface area contributed by atoms with E-state index in [-0.39, 0.29) is 0 Å². The van der Waals surface area contributed by atoms with Crippen LogP contribution in [0.4, 0.5) is 17.3 Å². The van der Waals surface area contributed by atoms with E-state index in [0.29, 0.717) is 11.6 Å². The van der Waals surface area contributed by atoms with Gasteiger partial charge in [0, 0.05) is 19.4 Å². The average molecular weight is 269 g/mol. The number of anilines is 3. The molecule has 1 aromatic carbocycles. The van der Waals surface area contributed by atoms with Crippen LogP contribution in [0.2, 0.25) is 0 Å². The maximum Gasteiger partial charge on any atom is 0.180 e. The summed E-state index contributed by atoms with van der Waals surface area (Å²) in [5, 5.41) is 0. The minimum atomic E-state index is 0.437. The second kappa shape index (κ2) is 4.73. The second-order valence-electron chi connectivity index (χ2n) is 4.38. The summed E-state index contributed by atoms with van der Waals surface area (Å²) < 4.78 is 7.23. The molecule has 102 valence electrons. The Balaban J connectivity index is 2.17. The highest BCUT2D eigenvalue weighted by Gasteiger charge is 2.15. The number of nitrogens with two attached hydrogens (primary N) is 1. The van der Waals surface area contributed by atoms with Crippen LogP contribution in [0.15, 0.2) is 42.9 Å². The first kappa shape index (κ1) is 12.3. The van der Waals surface area contributed by atoms with E-state index in [1.165, 1.54) is 0 Å². The number of fused-ring (bicyclic) bond motifs is 1. The molecule has 6 nitrogen and oxygen atoms in total. The Labute approximate surface area is 116 Å². The highest BCUT2D eigenvalue weighted by Crippen LogP contribution is 2.33. The fraction of sp³-hybridized carbons (Fsp3) is 0.143. The maximum atomic E-state index is 5.85. The summed E-state index contributed by atoms with van der Waals surface area (Å²) in [6, 6.07) is 7.74. The number of ether oxygens (including phenoxy) is 1. The van der Waals surface area contributed by atoms with Crippen LogP contribution in [0.3, 0.4) is 0 Å². The molecule has 0 unspecified atom stereocenters. The van der Waals surface area contributed by atoms with Gasteiger partial charge < -0.3 is 19.8 Å². The molecule has 3 rings (SSSR count). The van der Waals surface area contributed by atoms with Gasteiger partial charge in [0.05, 0.1) is 19.0 Å². The smallest absolute Gasteiger partial charge is 0.180 e. The SMILES string of the molecule is COc1ccccc1N(C)c1nc(N)cn2ccnc12. The predicted molar refractivity (Wildman–Crippen MR) is 78.5 cm³/mol. The number of para-hydroxylation sites is 2. The Kier molecular flexibility index (Phi) is 2.90. The van der Waals surface area contributed by atoms with Crippen LogP contribution in [0.1, 0.15) is 0 Å². The van der Waals surface area contributed by atoms with Crippen molar-refractivity contribution in [2.75, 3.05) is 24.8 Å². The summed E-state index contributed by atoms with van der Waals surface area (Å²) in [7, 11) is 3.55. The zero-order valence-electron chi connectivity index (χ0n) is 11.3. The predicted octanol–water partition coefficient (Wildman–Crippen LogP) is 2.09. The van der Waals surface area contributed by atoms with Gasteiger partial charge in [-0.05, 0) is 12.1 Å². The molecular formula is C14H15N5O. The van der Waals surface area contributed by atoms with E-state index in [1.54, 1.807) is 19.5 Å². The van der Waals surface area contributed by atoms with E-state index in [0.717, 1.165) is 17.1 Å². The summed E-state index contributed by atoms with van der Waals surface area (Å²) in [6.45, 7) is 0. The molecule has 0 aliphatic carbocycles. The molecule has 0 saturated heterocycles. The Morgan fingerprint density at radius 1 is 1.30 bits per heavy atom. The van der Waals surface area contributed by atoms with E-state index in [1.807, 2.05) is 46.8 Å². The number of imidazole rings is 1. The van der Waals surface area contributed by atoms with Gasteiger partial charge in [0.15, 0.2) is 11.5 Å². The van der Waals surface area contributed by atoms with E-state index in [4.69, 9.17) is 10.5 Å².